The molecule has 0 unspecified atom stereocenters. The third-order valence-corrected chi connectivity index (χ3v) is 4.68. The minimum Gasteiger partial charge on any atom is -0.379 e. The smallest absolute Gasteiger partial charge is 0.0591 e. The van der Waals surface area contributed by atoms with Crippen LogP contribution < -0.4 is 5.32 Å². The van der Waals surface area contributed by atoms with E-state index in [1.807, 2.05) is 0 Å². The fourth-order valence-electron chi connectivity index (χ4n) is 2.87. The topological polar surface area (TPSA) is 21.3 Å². The molecule has 0 bridgehead atoms. The number of alkyl halides is 1. The van der Waals surface area contributed by atoms with Gasteiger partial charge in [-0.15, -0.1) is 0 Å². The number of nitrogens with one attached hydrogen (secondary N) is 1. The summed E-state index contributed by atoms with van der Waals surface area (Å²) in [6.07, 6.45) is 20.0. The molecule has 0 aromatic heterocycles. The van der Waals surface area contributed by atoms with Gasteiger partial charge in [0.2, 0.25) is 0 Å². The maximum Gasteiger partial charge on any atom is 0.0591 e. The molecule has 1 N–H and O–H groups in total. The summed E-state index contributed by atoms with van der Waals surface area (Å²) < 4.78 is 5.40. The first-order valence-corrected chi connectivity index (χ1v) is 11.4. The quantitative estimate of drug-likeness (QED) is 0.189. The van der Waals surface area contributed by atoms with Crippen molar-refractivity contribution in [3.8, 4) is 0 Å². The summed E-state index contributed by atoms with van der Waals surface area (Å²) in [5, 5.41) is 4.38. The fourth-order valence-corrected chi connectivity index (χ4v) is 3.10. The number of rotatable bonds is 20. The van der Waals surface area contributed by atoms with Crippen LogP contribution in [0.25, 0.3) is 0 Å². The van der Waals surface area contributed by atoms with Crippen molar-refractivity contribution in [2.24, 2.45) is 0 Å². The van der Waals surface area contributed by atoms with Crippen molar-refractivity contribution in [1.82, 2.24) is 5.32 Å². The van der Waals surface area contributed by atoms with E-state index >= 15 is 0 Å². The van der Waals surface area contributed by atoms with Crippen LogP contribution in [0.2, 0.25) is 0 Å². The van der Waals surface area contributed by atoms with Crippen molar-refractivity contribution in [3.63, 3.8) is 0 Å². The van der Waals surface area contributed by atoms with Gasteiger partial charge in [0.05, 0.1) is 13.2 Å². The molecule has 0 spiro atoms. The van der Waals surface area contributed by atoms with Gasteiger partial charge in [-0.25, -0.2) is 0 Å². The third kappa shape index (κ3) is 22.4. The van der Waals surface area contributed by atoms with Crippen molar-refractivity contribution >= 4 is 15.9 Å². The predicted octanol–water partition coefficient (Wildman–Crippen LogP) is 6.47. The number of ether oxygens (including phenoxy) is 1. The highest BCUT2D eigenvalue weighted by atomic mass is 79.9. The number of halogens is 1. The minimum atomic E-state index is 0.820. The Morgan fingerprint density at radius 2 is 1.09 bits per heavy atom. The molecule has 0 heterocycles. The van der Waals surface area contributed by atoms with Gasteiger partial charge in [-0.3, -0.25) is 0 Å². The van der Waals surface area contributed by atoms with Gasteiger partial charge in [-0.05, 0) is 13.0 Å². The van der Waals surface area contributed by atoms with Crippen LogP contribution in [0, 0.1) is 0 Å². The van der Waals surface area contributed by atoms with Gasteiger partial charge < -0.3 is 10.1 Å². The van der Waals surface area contributed by atoms with Crippen LogP contribution in [0.3, 0.4) is 0 Å². The molecule has 0 rings (SSSR count). The monoisotopic (exact) mass is 391 g/mol. The Bertz CT molecular complexity index is 182. The molecule has 3 heteroatoms. The van der Waals surface area contributed by atoms with E-state index in [0.717, 1.165) is 31.6 Å². The lowest BCUT2D eigenvalue weighted by molar-refractivity contribution is 0.152. The Morgan fingerprint density at radius 3 is 1.57 bits per heavy atom. The average molecular weight is 392 g/mol. The summed E-state index contributed by atoms with van der Waals surface area (Å²) in [6, 6.07) is 0. The van der Waals surface area contributed by atoms with Gasteiger partial charge >= 0.3 is 0 Å². The van der Waals surface area contributed by atoms with E-state index in [4.69, 9.17) is 4.74 Å². The van der Waals surface area contributed by atoms with Gasteiger partial charge in [0.15, 0.2) is 0 Å². The van der Waals surface area contributed by atoms with Gasteiger partial charge in [0, 0.05) is 11.9 Å². The molecule has 2 nitrogen and oxygen atoms in total. The first-order chi connectivity index (χ1) is 11.4. The summed E-state index contributed by atoms with van der Waals surface area (Å²) in [6.45, 7) is 6.09. The van der Waals surface area contributed by atoms with E-state index in [9.17, 15) is 0 Å². The molecule has 0 saturated heterocycles. The van der Waals surface area contributed by atoms with Crippen LogP contribution in [-0.2, 0) is 4.74 Å². The molecule has 0 atom stereocenters. The van der Waals surface area contributed by atoms with Crippen LogP contribution >= 0.6 is 15.9 Å². The Kier molecular flexibility index (Phi) is 22.8. The average Bonchev–Trinajstić information content (AvgIpc) is 2.57. The van der Waals surface area contributed by atoms with Gasteiger partial charge in [0.25, 0.3) is 0 Å². The van der Waals surface area contributed by atoms with Crippen molar-refractivity contribution < 1.29 is 4.74 Å². The normalized spacial score (nSPS) is 11.2. The van der Waals surface area contributed by atoms with E-state index in [0.29, 0.717) is 0 Å². The highest BCUT2D eigenvalue weighted by Gasteiger charge is 1.94. The van der Waals surface area contributed by atoms with E-state index in [2.05, 4.69) is 28.2 Å². The fraction of sp³-hybridized carbons (Fsp3) is 1.00. The molecule has 0 fully saturated rings. The Hall–Kier alpha value is 0.400. The largest absolute Gasteiger partial charge is 0.379 e. The molecular weight excluding hydrogens is 350 g/mol. The standard InChI is InChI=1S/C20H42BrNO/c1-2-3-4-5-6-7-8-9-10-11-12-13-14-15-17-22-18-20-23-19-16-21/h22H,2-20H2,1H3. The van der Waals surface area contributed by atoms with E-state index in [-0.39, 0.29) is 0 Å². The van der Waals surface area contributed by atoms with Crippen molar-refractivity contribution in [2.45, 2.75) is 96.8 Å². The summed E-state index contributed by atoms with van der Waals surface area (Å²) in [4.78, 5) is 0. The molecule has 0 saturated carbocycles. The van der Waals surface area contributed by atoms with Gasteiger partial charge in [-0.1, -0.05) is 106 Å². The van der Waals surface area contributed by atoms with Crippen LogP contribution in [0.15, 0.2) is 0 Å². The van der Waals surface area contributed by atoms with Crippen LogP contribution in [0.5, 0.6) is 0 Å². The Morgan fingerprint density at radius 1 is 0.609 bits per heavy atom. The summed E-state index contributed by atoms with van der Waals surface area (Å²) in [5.74, 6) is 0. The second-order valence-corrected chi connectivity index (χ2v) is 7.44. The first-order valence-electron chi connectivity index (χ1n) is 10.3. The highest BCUT2D eigenvalue weighted by Crippen LogP contribution is 2.12. The van der Waals surface area contributed by atoms with Crippen LogP contribution in [0.1, 0.15) is 96.8 Å². The SMILES string of the molecule is CCCCCCCCCCCCCCCCNCCOCCBr. The molecular formula is C20H42BrNO. The molecule has 0 radical (unpaired) electrons. The summed E-state index contributed by atoms with van der Waals surface area (Å²) in [7, 11) is 0. The molecule has 0 aromatic rings. The molecule has 0 amide bonds. The zero-order chi connectivity index (χ0) is 16.8. The van der Waals surface area contributed by atoms with Crippen LogP contribution in [-0.4, -0.2) is 31.6 Å². The highest BCUT2D eigenvalue weighted by molar-refractivity contribution is 9.09. The Labute approximate surface area is 154 Å². The number of unbranched alkanes of at least 4 members (excludes halogenated alkanes) is 13. The van der Waals surface area contributed by atoms with Crippen molar-refractivity contribution in [2.75, 3.05) is 31.6 Å². The molecule has 0 aliphatic rings. The lowest BCUT2D eigenvalue weighted by Gasteiger charge is -2.05. The Balaban J connectivity index is 2.92. The maximum atomic E-state index is 5.40. The zero-order valence-corrected chi connectivity index (χ0v) is 17.3. The molecule has 23 heavy (non-hydrogen) atoms. The first kappa shape index (κ1) is 23.4. The molecule has 0 aliphatic carbocycles. The van der Waals surface area contributed by atoms with E-state index < -0.39 is 0 Å². The molecule has 140 valence electrons. The van der Waals surface area contributed by atoms with E-state index in [1.165, 1.54) is 89.9 Å². The zero-order valence-electron chi connectivity index (χ0n) is 15.7. The van der Waals surface area contributed by atoms with E-state index in [1.54, 1.807) is 0 Å². The van der Waals surface area contributed by atoms with Gasteiger partial charge in [0.1, 0.15) is 0 Å². The number of hydrogen-bond acceptors (Lipinski definition) is 2. The minimum absolute atomic E-state index is 0.820. The third-order valence-electron chi connectivity index (χ3n) is 4.35. The maximum absolute atomic E-state index is 5.40. The van der Waals surface area contributed by atoms with Crippen molar-refractivity contribution in [3.05, 3.63) is 0 Å². The second kappa shape index (κ2) is 22.4. The summed E-state index contributed by atoms with van der Waals surface area (Å²) in [5.41, 5.74) is 0. The number of hydrogen-bond donors (Lipinski definition) is 1. The lowest BCUT2D eigenvalue weighted by atomic mass is 10.0. The summed E-state index contributed by atoms with van der Waals surface area (Å²) >= 11 is 3.36. The van der Waals surface area contributed by atoms with Gasteiger partial charge in [-0.2, -0.15) is 0 Å². The van der Waals surface area contributed by atoms with Crippen LogP contribution in [0.4, 0.5) is 0 Å². The molecule has 0 aliphatic heterocycles. The molecule has 0 aromatic carbocycles. The lowest BCUT2D eigenvalue weighted by Crippen LogP contribution is -2.21. The predicted molar refractivity (Wildman–Crippen MR) is 108 cm³/mol. The second-order valence-electron chi connectivity index (χ2n) is 6.65. The van der Waals surface area contributed by atoms with Crippen molar-refractivity contribution in [1.29, 1.82) is 0 Å².